The van der Waals surface area contributed by atoms with E-state index in [1.54, 1.807) is 12.3 Å². The van der Waals surface area contributed by atoms with Gasteiger partial charge in [0, 0.05) is 18.8 Å². The van der Waals surface area contributed by atoms with Crippen molar-refractivity contribution in [3.63, 3.8) is 0 Å². The Hall–Kier alpha value is -2.36. The summed E-state index contributed by atoms with van der Waals surface area (Å²) in [5.74, 6) is 0.588. The third kappa shape index (κ3) is 2.89. The van der Waals surface area contributed by atoms with Crippen LogP contribution in [0.5, 0.6) is 0 Å². The summed E-state index contributed by atoms with van der Waals surface area (Å²) in [7, 11) is 0. The lowest BCUT2D eigenvalue weighted by Crippen LogP contribution is -2.35. The molecule has 2 aromatic rings. The van der Waals surface area contributed by atoms with E-state index >= 15 is 0 Å². The zero-order valence-corrected chi connectivity index (χ0v) is 12.1. The first-order valence-electron chi connectivity index (χ1n) is 7.34. The number of fused-ring (bicyclic) bond motifs is 1. The predicted molar refractivity (Wildman–Crippen MR) is 83.5 cm³/mol. The molecule has 0 bridgehead atoms. The molecule has 1 aliphatic carbocycles. The number of pyridine rings is 1. The van der Waals surface area contributed by atoms with E-state index in [9.17, 15) is 4.79 Å². The molecular formula is C17H19N3O. The molecule has 0 atom stereocenters. The summed E-state index contributed by atoms with van der Waals surface area (Å²) >= 11 is 0. The SMILES string of the molecule is CCNc1ncccc1C(=O)NC1Cc2ccccc2C1. The van der Waals surface area contributed by atoms with Crippen LogP contribution in [0.25, 0.3) is 0 Å². The largest absolute Gasteiger partial charge is 0.370 e. The fourth-order valence-electron chi connectivity index (χ4n) is 2.82. The first-order chi connectivity index (χ1) is 10.3. The molecule has 3 rings (SSSR count). The van der Waals surface area contributed by atoms with Crippen LogP contribution < -0.4 is 10.6 Å². The molecule has 1 aromatic heterocycles. The molecule has 0 spiro atoms. The third-order valence-corrected chi connectivity index (χ3v) is 3.78. The van der Waals surface area contributed by atoms with Gasteiger partial charge < -0.3 is 10.6 Å². The molecule has 21 heavy (non-hydrogen) atoms. The first kappa shape index (κ1) is 13.6. The Bertz CT molecular complexity index is 629. The van der Waals surface area contributed by atoms with E-state index in [0.29, 0.717) is 11.4 Å². The highest BCUT2D eigenvalue weighted by Crippen LogP contribution is 2.22. The Labute approximate surface area is 124 Å². The number of aromatic nitrogens is 1. The highest BCUT2D eigenvalue weighted by atomic mass is 16.1. The Kier molecular flexibility index (Phi) is 3.86. The Morgan fingerprint density at radius 2 is 1.90 bits per heavy atom. The van der Waals surface area contributed by atoms with Gasteiger partial charge in [-0.3, -0.25) is 4.79 Å². The minimum atomic E-state index is -0.0585. The van der Waals surface area contributed by atoms with Gasteiger partial charge >= 0.3 is 0 Å². The van der Waals surface area contributed by atoms with Gasteiger partial charge in [0.2, 0.25) is 0 Å². The quantitative estimate of drug-likeness (QED) is 0.905. The molecular weight excluding hydrogens is 262 g/mol. The molecule has 0 unspecified atom stereocenters. The maximum Gasteiger partial charge on any atom is 0.255 e. The van der Waals surface area contributed by atoms with Crippen LogP contribution in [0.2, 0.25) is 0 Å². The average Bonchev–Trinajstić information content (AvgIpc) is 2.90. The van der Waals surface area contributed by atoms with Gasteiger partial charge in [0.15, 0.2) is 0 Å². The standard InChI is InChI=1S/C17H19N3O/c1-2-18-16-15(8-5-9-19-16)17(21)20-14-10-12-6-3-4-7-13(12)11-14/h3-9,14H,2,10-11H2,1H3,(H,18,19)(H,20,21). The molecule has 0 saturated heterocycles. The van der Waals surface area contributed by atoms with E-state index in [1.807, 2.05) is 25.1 Å². The van der Waals surface area contributed by atoms with Crippen molar-refractivity contribution < 1.29 is 4.79 Å². The van der Waals surface area contributed by atoms with Gasteiger partial charge in [-0.1, -0.05) is 24.3 Å². The summed E-state index contributed by atoms with van der Waals surface area (Å²) in [6, 6.07) is 12.1. The van der Waals surface area contributed by atoms with Crippen LogP contribution in [0.1, 0.15) is 28.4 Å². The maximum absolute atomic E-state index is 12.5. The second-order valence-corrected chi connectivity index (χ2v) is 5.28. The number of rotatable bonds is 4. The number of hydrogen-bond donors (Lipinski definition) is 2. The van der Waals surface area contributed by atoms with Crippen molar-refractivity contribution in [2.45, 2.75) is 25.8 Å². The minimum Gasteiger partial charge on any atom is -0.370 e. The van der Waals surface area contributed by atoms with Crippen molar-refractivity contribution in [2.24, 2.45) is 0 Å². The van der Waals surface area contributed by atoms with Gasteiger partial charge in [-0.15, -0.1) is 0 Å². The Balaban J connectivity index is 1.71. The average molecular weight is 281 g/mol. The van der Waals surface area contributed by atoms with Gasteiger partial charge in [-0.2, -0.15) is 0 Å². The zero-order chi connectivity index (χ0) is 14.7. The summed E-state index contributed by atoms with van der Waals surface area (Å²) in [6.07, 6.45) is 3.50. The fraction of sp³-hybridized carbons (Fsp3) is 0.294. The molecule has 4 heteroatoms. The van der Waals surface area contributed by atoms with E-state index in [0.717, 1.165) is 19.4 Å². The topological polar surface area (TPSA) is 54.0 Å². The van der Waals surface area contributed by atoms with Crippen molar-refractivity contribution in [1.29, 1.82) is 0 Å². The number of benzene rings is 1. The summed E-state index contributed by atoms with van der Waals surface area (Å²) in [5.41, 5.74) is 3.28. The Morgan fingerprint density at radius 1 is 1.19 bits per heavy atom. The fourth-order valence-corrected chi connectivity index (χ4v) is 2.82. The number of nitrogens with one attached hydrogen (secondary N) is 2. The summed E-state index contributed by atoms with van der Waals surface area (Å²) in [4.78, 5) is 16.7. The van der Waals surface area contributed by atoms with Crippen LogP contribution in [0.4, 0.5) is 5.82 Å². The van der Waals surface area contributed by atoms with Crippen molar-refractivity contribution >= 4 is 11.7 Å². The first-order valence-corrected chi connectivity index (χ1v) is 7.34. The zero-order valence-electron chi connectivity index (χ0n) is 12.1. The number of nitrogens with zero attached hydrogens (tertiary/aromatic N) is 1. The van der Waals surface area contributed by atoms with Crippen LogP contribution in [-0.2, 0) is 12.8 Å². The molecule has 1 aromatic carbocycles. The van der Waals surface area contributed by atoms with Crippen LogP contribution >= 0.6 is 0 Å². The molecule has 108 valence electrons. The molecule has 0 radical (unpaired) electrons. The lowest BCUT2D eigenvalue weighted by molar-refractivity contribution is 0.0939. The van der Waals surface area contributed by atoms with E-state index in [2.05, 4.69) is 27.8 Å². The van der Waals surface area contributed by atoms with Gasteiger partial charge in [0.1, 0.15) is 5.82 Å². The second kappa shape index (κ2) is 5.95. The minimum absolute atomic E-state index is 0.0585. The molecule has 4 nitrogen and oxygen atoms in total. The van der Waals surface area contributed by atoms with Crippen LogP contribution in [0, 0.1) is 0 Å². The number of carbonyl (C=O) groups excluding carboxylic acids is 1. The predicted octanol–water partition coefficient (Wildman–Crippen LogP) is 2.41. The summed E-state index contributed by atoms with van der Waals surface area (Å²) < 4.78 is 0. The molecule has 1 amide bonds. The van der Waals surface area contributed by atoms with Crippen molar-refractivity contribution in [2.75, 3.05) is 11.9 Å². The number of hydrogen-bond acceptors (Lipinski definition) is 3. The molecule has 0 aliphatic heterocycles. The molecule has 1 aliphatic rings. The highest BCUT2D eigenvalue weighted by molar-refractivity contribution is 5.98. The maximum atomic E-state index is 12.5. The van der Waals surface area contributed by atoms with Gasteiger partial charge in [0.05, 0.1) is 5.56 Å². The van der Waals surface area contributed by atoms with Crippen molar-refractivity contribution in [3.05, 3.63) is 59.3 Å². The van der Waals surface area contributed by atoms with Gasteiger partial charge in [-0.25, -0.2) is 4.98 Å². The van der Waals surface area contributed by atoms with E-state index in [4.69, 9.17) is 0 Å². The lowest BCUT2D eigenvalue weighted by Gasteiger charge is -2.14. The van der Waals surface area contributed by atoms with Crippen molar-refractivity contribution in [1.82, 2.24) is 10.3 Å². The van der Waals surface area contributed by atoms with Gasteiger partial charge in [0.25, 0.3) is 5.91 Å². The number of amides is 1. The Morgan fingerprint density at radius 3 is 2.57 bits per heavy atom. The van der Waals surface area contributed by atoms with Gasteiger partial charge in [-0.05, 0) is 43.0 Å². The number of anilines is 1. The van der Waals surface area contributed by atoms with E-state index < -0.39 is 0 Å². The van der Waals surface area contributed by atoms with Crippen molar-refractivity contribution in [3.8, 4) is 0 Å². The van der Waals surface area contributed by atoms with Crippen LogP contribution in [-0.4, -0.2) is 23.5 Å². The second-order valence-electron chi connectivity index (χ2n) is 5.28. The highest BCUT2D eigenvalue weighted by Gasteiger charge is 2.23. The molecule has 0 fully saturated rings. The van der Waals surface area contributed by atoms with E-state index in [-0.39, 0.29) is 11.9 Å². The number of carbonyl (C=O) groups is 1. The third-order valence-electron chi connectivity index (χ3n) is 3.78. The normalized spacial score (nSPS) is 13.8. The smallest absolute Gasteiger partial charge is 0.255 e. The van der Waals surface area contributed by atoms with Crippen LogP contribution in [0.15, 0.2) is 42.6 Å². The van der Waals surface area contributed by atoms with Crippen LogP contribution in [0.3, 0.4) is 0 Å². The molecule has 1 heterocycles. The lowest BCUT2D eigenvalue weighted by atomic mass is 10.1. The monoisotopic (exact) mass is 281 g/mol. The summed E-state index contributed by atoms with van der Waals surface area (Å²) in [5, 5.41) is 6.25. The molecule has 0 saturated carbocycles. The summed E-state index contributed by atoms with van der Waals surface area (Å²) in [6.45, 7) is 2.73. The van der Waals surface area contributed by atoms with E-state index in [1.165, 1.54) is 11.1 Å². The molecule has 2 N–H and O–H groups in total.